The third-order valence-corrected chi connectivity index (χ3v) is 2.72. The molecule has 0 bridgehead atoms. The molecule has 0 atom stereocenters. The zero-order valence-electron chi connectivity index (χ0n) is 11.9. The lowest BCUT2D eigenvalue weighted by Gasteiger charge is -2.09. The SMILES string of the molecule is CSOOCCCNCOc1ccc(C(=O)O)c(C(=O)O)c1. The molecule has 0 heterocycles. The van der Waals surface area contributed by atoms with Gasteiger partial charge in [-0.05, 0) is 24.6 Å². The highest BCUT2D eigenvalue weighted by Crippen LogP contribution is 2.18. The molecule has 122 valence electrons. The lowest BCUT2D eigenvalue weighted by Crippen LogP contribution is -2.22. The molecule has 0 aliphatic heterocycles. The first-order valence-corrected chi connectivity index (χ1v) is 7.47. The van der Waals surface area contributed by atoms with Gasteiger partial charge in [-0.25, -0.2) is 14.5 Å². The number of carboxylic acid groups (broad SMARTS) is 2. The third-order valence-electron chi connectivity index (χ3n) is 2.49. The van der Waals surface area contributed by atoms with Crippen LogP contribution in [0.15, 0.2) is 18.2 Å². The van der Waals surface area contributed by atoms with Gasteiger partial charge in [-0.15, -0.1) is 0 Å². The summed E-state index contributed by atoms with van der Waals surface area (Å²) in [4.78, 5) is 26.7. The van der Waals surface area contributed by atoms with Crippen molar-refractivity contribution in [2.24, 2.45) is 0 Å². The van der Waals surface area contributed by atoms with Gasteiger partial charge < -0.3 is 14.9 Å². The molecule has 0 aliphatic rings. The summed E-state index contributed by atoms with van der Waals surface area (Å²) in [6.45, 7) is 1.22. The number of aromatic carboxylic acids is 2. The summed E-state index contributed by atoms with van der Waals surface area (Å²) in [5, 5.41) is 20.9. The molecule has 0 unspecified atom stereocenters. The Morgan fingerprint density at radius 2 is 1.95 bits per heavy atom. The van der Waals surface area contributed by atoms with Crippen molar-refractivity contribution in [3.63, 3.8) is 0 Å². The van der Waals surface area contributed by atoms with E-state index in [1.165, 1.54) is 18.2 Å². The van der Waals surface area contributed by atoms with E-state index in [0.717, 1.165) is 12.0 Å². The number of carbonyl (C=O) groups is 2. The van der Waals surface area contributed by atoms with Gasteiger partial charge in [0, 0.05) is 24.8 Å². The van der Waals surface area contributed by atoms with Gasteiger partial charge in [0.2, 0.25) is 0 Å². The van der Waals surface area contributed by atoms with Crippen molar-refractivity contribution in [3.05, 3.63) is 29.3 Å². The molecule has 0 aliphatic carbocycles. The highest BCUT2D eigenvalue weighted by molar-refractivity contribution is 7.93. The second-order valence-electron chi connectivity index (χ2n) is 4.02. The lowest BCUT2D eigenvalue weighted by molar-refractivity contribution is -0.190. The maximum atomic E-state index is 11.0. The van der Waals surface area contributed by atoms with E-state index in [0.29, 0.717) is 19.6 Å². The van der Waals surface area contributed by atoms with E-state index in [-0.39, 0.29) is 23.6 Å². The Labute approximate surface area is 131 Å². The Bertz CT molecular complexity index is 509. The molecule has 8 nitrogen and oxygen atoms in total. The second kappa shape index (κ2) is 10.0. The van der Waals surface area contributed by atoms with E-state index in [1.54, 1.807) is 6.26 Å². The van der Waals surface area contributed by atoms with Gasteiger partial charge in [0.15, 0.2) is 0 Å². The maximum Gasteiger partial charge on any atom is 0.336 e. The number of ether oxygens (including phenoxy) is 1. The number of carboxylic acids is 2. The van der Waals surface area contributed by atoms with Gasteiger partial charge >= 0.3 is 11.9 Å². The molecule has 1 rings (SSSR count). The average molecular weight is 331 g/mol. The van der Waals surface area contributed by atoms with E-state index in [2.05, 4.69) is 9.65 Å². The molecular weight excluding hydrogens is 314 g/mol. The Balaban J connectivity index is 2.39. The van der Waals surface area contributed by atoms with Crippen LogP contribution in [-0.2, 0) is 9.22 Å². The van der Waals surface area contributed by atoms with Crippen molar-refractivity contribution in [3.8, 4) is 5.75 Å². The summed E-state index contributed by atoms with van der Waals surface area (Å²) in [6.07, 6.45) is 2.45. The topological polar surface area (TPSA) is 114 Å². The lowest BCUT2D eigenvalue weighted by atomic mass is 10.1. The summed E-state index contributed by atoms with van der Waals surface area (Å²) < 4.78 is 9.95. The number of benzene rings is 1. The monoisotopic (exact) mass is 331 g/mol. The summed E-state index contributed by atoms with van der Waals surface area (Å²) in [6, 6.07) is 3.80. The molecule has 1 aromatic rings. The van der Waals surface area contributed by atoms with Crippen molar-refractivity contribution in [1.82, 2.24) is 5.32 Å². The smallest absolute Gasteiger partial charge is 0.336 e. The molecule has 9 heteroatoms. The second-order valence-corrected chi connectivity index (χ2v) is 4.49. The van der Waals surface area contributed by atoms with Gasteiger partial charge in [0.1, 0.15) is 12.5 Å². The standard InChI is InChI=1S/C13H17NO7S/c1-22-21-20-6-2-5-14-8-19-9-3-4-10(12(15)16)11(7-9)13(17)18/h3-4,7,14H,2,5-6,8H2,1H3,(H,15,16)(H,17,18). The summed E-state index contributed by atoms with van der Waals surface area (Å²) in [5.41, 5.74) is -0.591. The van der Waals surface area contributed by atoms with Crippen LogP contribution in [0.3, 0.4) is 0 Å². The Morgan fingerprint density at radius 3 is 2.59 bits per heavy atom. The summed E-state index contributed by atoms with van der Waals surface area (Å²) in [7, 11) is 0. The predicted molar refractivity (Wildman–Crippen MR) is 79.0 cm³/mol. The van der Waals surface area contributed by atoms with Crippen LogP contribution in [0.1, 0.15) is 27.1 Å². The van der Waals surface area contributed by atoms with Crippen molar-refractivity contribution in [1.29, 1.82) is 0 Å². The number of nitrogens with one attached hydrogen (secondary N) is 1. The minimum Gasteiger partial charge on any atom is -0.478 e. The first-order valence-electron chi connectivity index (χ1n) is 6.32. The van der Waals surface area contributed by atoms with Gasteiger partial charge in [0.25, 0.3) is 0 Å². The van der Waals surface area contributed by atoms with Gasteiger partial charge in [0.05, 0.1) is 17.7 Å². The van der Waals surface area contributed by atoms with Crippen LogP contribution in [0.2, 0.25) is 0 Å². The van der Waals surface area contributed by atoms with Crippen LogP contribution in [0.25, 0.3) is 0 Å². The fourth-order valence-electron chi connectivity index (χ4n) is 1.52. The van der Waals surface area contributed by atoms with Crippen LogP contribution >= 0.6 is 12.0 Å². The molecule has 3 N–H and O–H groups in total. The van der Waals surface area contributed by atoms with Gasteiger partial charge in [-0.3, -0.25) is 5.32 Å². The average Bonchev–Trinajstić information content (AvgIpc) is 2.49. The first kappa shape index (κ1) is 18.2. The first-order chi connectivity index (χ1) is 10.6. The van der Waals surface area contributed by atoms with Crippen molar-refractivity contribution < 1.29 is 33.8 Å². The molecule has 0 saturated heterocycles. The van der Waals surface area contributed by atoms with E-state index < -0.39 is 11.9 Å². The van der Waals surface area contributed by atoms with E-state index in [1.807, 2.05) is 0 Å². The van der Waals surface area contributed by atoms with Crippen LogP contribution in [0.5, 0.6) is 5.75 Å². The van der Waals surface area contributed by atoms with Crippen molar-refractivity contribution in [2.75, 3.05) is 26.1 Å². The van der Waals surface area contributed by atoms with Crippen molar-refractivity contribution >= 4 is 24.0 Å². The Hall–Kier alpha value is -1.81. The molecule has 0 aromatic heterocycles. The van der Waals surface area contributed by atoms with Crippen LogP contribution in [-0.4, -0.2) is 48.3 Å². The predicted octanol–water partition coefficient (Wildman–Crippen LogP) is 1.63. The molecule has 0 radical (unpaired) electrons. The highest BCUT2D eigenvalue weighted by atomic mass is 32.2. The maximum absolute atomic E-state index is 11.0. The molecule has 0 fully saturated rings. The zero-order valence-corrected chi connectivity index (χ0v) is 12.7. The van der Waals surface area contributed by atoms with Crippen LogP contribution in [0.4, 0.5) is 0 Å². The minimum atomic E-state index is -1.32. The zero-order chi connectivity index (χ0) is 16.4. The minimum absolute atomic E-state index is 0.162. The molecule has 1 aromatic carbocycles. The number of rotatable bonds is 11. The molecule has 0 amide bonds. The fourth-order valence-corrected chi connectivity index (χ4v) is 1.69. The summed E-state index contributed by atoms with van der Waals surface area (Å²) in [5.74, 6) is -2.34. The van der Waals surface area contributed by atoms with E-state index >= 15 is 0 Å². The van der Waals surface area contributed by atoms with Crippen molar-refractivity contribution in [2.45, 2.75) is 6.42 Å². The molecule has 22 heavy (non-hydrogen) atoms. The Kier molecular flexibility index (Phi) is 8.30. The van der Waals surface area contributed by atoms with E-state index in [9.17, 15) is 9.59 Å². The van der Waals surface area contributed by atoms with Crippen LogP contribution in [0, 0.1) is 0 Å². The van der Waals surface area contributed by atoms with Gasteiger partial charge in [-0.2, -0.15) is 4.33 Å². The van der Waals surface area contributed by atoms with Crippen LogP contribution < -0.4 is 10.1 Å². The largest absolute Gasteiger partial charge is 0.478 e. The third kappa shape index (κ3) is 6.31. The molecule has 0 saturated carbocycles. The fraction of sp³-hybridized carbons (Fsp3) is 0.385. The van der Waals surface area contributed by atoms with Gasteiger partial charge in [-0.1, -0.05) is 0 Å². The normalized spacial score (nSPS) is 10.4. The number of hydrogen-bond donors (Lipinski definition) is 3. The van der Waals surface area contributed by atoms with E-state index in [4.69, 9.17) is 19.8 Å². The number of hydrogen-bond acceptors (Lipinski definition) is 7. The highest BCUT2D eigenvalue weighted by Gasteiger charge is 2.16. The Morgan fingerprint density at radius 1 is 1.23 bits per heavy atom. The molecule has 0 spiro atoms. The quantitative estimate of drug-likeness (QED) is 0.183. The molecular formula is C13H17NO7S. The summed E-state index contributed by atoms with van der Waals surface area (Å²) >= 11 is 1.12.